The first-order valence-electron chi connectivity index (χ1n) is 9.57. The van der Waals surface area contributed by atoms with Crippen molar-refractivity contribution < 1.29 is 27.9 Å². The summed E-state index contributed by atoms with van der Waals surface area (Å²) in [6.07, 6.45) is 0. The maximum Gasteiger partial charge on any atom is 0.328 e. The van der Waals surface area contributed by atoms with E-state index >= 15 is 0 Å². The van der Waals surface area contributed by atoms with E-state index in [2.05, 4.69) is 0 Å². The third-order valence-electron chi connectivity index (χ3n) is 5.44. The van der Waals surface area contributed by atoms with Crippen LogP contribution < -0.4 is 15.4 Å². The Balaban J connectivity index is 2.26. The number of rotatable bonds is 6. The number of amides is 4. The standard InChI is InChI=1S/C20H23F2N5O4/c1-10-11(2)27(31)19(26(10)8-7-25(3)4)15(12-5-6-13(21)14(22)9-12)16-17(28)23-20(30)24-18(16)29/h5-6,9,15-16H,7-8H2,1-4H3,(H2,23,24,28,29,30)/t15-/m1/s1. The van der Waals surface area contributed by atoms with Crippen LogP contribution in [0.1, 0.15) is 28.7 Å². The normalized spacial score (nSPS) is 15.9. The van der Waals surface area contributed by atoms with E-state index in [1.54, 1.807) is 18.4 Å². The highest BCUT2D eigenvalue weighted by Gasteiger charge is 2.47. The highest BCUT2D eigenvalue weighted by molar-refractivity contribution is 6.16. The van der Waals surface area contributed by atoms with Crippen LogP contribution in [0.3, 0.4) is 0 Å². The number of imidazole rings is 1. The zero-order valence-corrected chi connectivity index (χ0v) is 17.5. The van der Waals surface area contributed by atoms with Gasteiger partial charge in [-0.25, -0.2) is 22.9 Å². The first-order chi connectivity index (χ1) is 14.5. The molecule has 1 aromatic carbocycles. The molecule has 2 N–H and O–H groups in total. The van der Waals surface area contributed by atoms with E-state index in [0.717, 1.165) is 12.1 Å². The molecule has 0 radical (unpaired) electrons. The summed E-state index contributed by atoms with van der Waals surface area (Å²) in [7, 11) is 3.69. The van der Waals surface area contributed by atoms with Gasteiger partial charge in [-0.15, -0.1) is 0 Å². The summed E-state index contributed by atoms with van der Waals surface area (Å²) in [6.45, 7) is 4.19. The quantitative estimate of drug-likeness (QED) is 0.394. The van der Waals surface area contributed by atoms with Crippen molar-refractivity contribution in [2.45, 2.75) is 26.3 Å². The summed E-state index contributed by atoms with van der Waals surface area (Å²) in [5.41, 5.74) is 0.998. The molecule has 0 bridgehead atoms. The van der Waals surface area contributed by atoms with Crippen molar-refractivity contribution in [3.63, 3.8) is 0 Å². The Morgan fingerprint density at radius 1 is 1.13 bits per heavy atom. The van der Waals surface area contributed by atoms with Gasteiger partial charge >= 0.3 is 6.03 Å². The van der Waals surface area contributed by atoms with Gasteiger partial charge in [-0.2, -0.15) is 0 Å². The number of hydrogen-bond acceptors (Lipinski definition) is 5. The summed E-state index contributed by atoms with van der Waals surface area (Å²) >= 11 is 0. The molecule has 1 saturated heterocycles. The number of aromatic nitrogens is 2. The molecule has 1 fully saturated rings. The average Bonchev–Trinajstić information content (AvgIpc) is 2.88. The molecule has 2 aromatic rings. The van der Waals surface area contributed by atoms with Crippen molar-refractivity contribution in [2.75, 3.05) is 20.6 Å². The predicted octanol–water partition coefficient (Wildman–Crippen LogP) is 0.692. The lowest BCUT2D eigenvalue weighted by Gasteiger charge is -2.28. The Labute approximate surface area is 177 Å². The molecule has 1 atom stereocenters. The van der Waals surface area contributed by atoms with E-state index in [9.17, 15) is 28.4 Å². The highest BCUT2D eigenvalue weighted by atomic mass is 19.2. The monoisotopic (exact) mass is 435 g/mol. The van der Waals surface area contributed by atoms with Gasteiger partial charge in [0.1, 0.15) is 29.8 Å². The van der Waals surface area contributed by atoms with Gasteiger partial charge in [0.25, 0.3) is 5.82 Å². The molecule has 1 aromatic heterocycles. The van der Waals surface area contributed by atoms with Crippen molar-refractivity contribution >= 4 is 17.8 Å². The number of likely N-dealkylation sites (N-methyl/N-ethyl adjacent to an activating group) is 1. The molecule has 11 heteroatoms. The molecule has 31 heavy (non-hydrogen) atoms. The van der Waals surface area contributed by atoms with E-state index < -0.39 is 41.3 Å². The van der Waals surface area contributed by atoms with Crippen LogP contribution in [0.4, 0.5) is 13.6 Å². The van der Waals surface area contributed by atoms with Crippen LogP contribution in [-0.4, -0.2) is 48.0 Å². The van der Waals surface area contributed by atoms with Crippen LogP contribution in [0.15, 0.2) is 18.2 Å². The first kappa shape index (κ1) is 22.3. The number of imide groups is 2. The summed E-state index contributed by atoms with van der Waals surface area (Å²) in [5.74, 6) is -6.95. The van der Waals surface area contributed by atoms with E-state index in [1.165, 1.54) is 6.07 Å². The Bertz CT molecular complexity index is 1050. The van der Waals surface area contributed by atoms with Gasteiger partial charge in [-0.3, -0.25) is 20.2 Å². The number of carbonyl (C=O) groups excluding carboxylic acids is 3. The topological polar surface area (TPSA) is 110 Å². The minimum absolute atomic E-state index is 0.0208. The van der Waals surface area contributed by atoms with Crippen LogP contribution in [0.2, 0.25) is 0 Å². The lowest BCUT2D eigenvalue weighted by molar-refractivity contribution is -0.621. The third kappa shape index (κ3) is 4.13. The summed E-state index contributed by atoms with van der Waals surface area (Å²) in [5, 5.41) is 17.1. The molecular weight excluding hydrogens is 412 g/mol. The zero-order valence-electron chi connectivity index (χ0n) is 17.5. The fraction of sp³-hybridized carbons (Fsp3) is 0.400. The third-order valence-corrected chi connectivity index (χ3v) is 5.44. The van der Waals surface area contributed by atoms with Crippen LogP contribution in [0.25, 0.3) is 0 Å². The minimum Gasteiger partial charge on any atom is -0.711 e. The van der Waals surface area contributed by atoms with Crippen molar-refractivity contribution in [1.29, 1.82) is 0 Å². The number of nitrogens with zero attached hydrogens (tertiary/aromatic N) is 3. The molecule has 4 amide bonds. The number of halogens is 2. The average molecular weight is 435 g/mol. The fourth-order valence-electron chi connectivity index (χ4n) is 3.70. The van der Waals surface area contributed by atoms with Crippen LogP contribution in [0.5, 0.6) is 0 Å². The summed E-state index contributed by atoms with van der Waals surface area (Å²) in [6, 6.07) is 1.95. The molecule has 0 aliphatic carbocycles. The molecule has 166 valence electrons. The van der Waals surface area contributed by atoms with Gasteiger partial charge < -0.3 is 10.1 Å². The van der Waals surface area contributed by atoms with Gasteiger partial charge in [-0.05, 0) is 31.8 Å². The van der Waals surface area contributed by atoms with Gasteiger partial charge in [0.05, 0.1) is 0 Å². The van der Waals surface area contributed by atoms with Gasteiger partial charge in [0.15, 0.2) is 11.6 Å². The fourth-order valence-corrected chi connectivity index (χ4v) is 3.70. The number of hydrogen-bond donors (Lipinski definition) is 2. The van der Waals surface area contributed by atoms with Crippen LogP contribution in [-0.2, 0) is 16.1 Å². The maximum atomic E-state index is 14.1. The number of nitrogens with one attached hydrogen (secondary N) is 2. The van der Waals surface area contributed by atoms with Crippen LogP contribution in [0, 0.1) is 36.6 Å². The number of urea groups is 1. The van der Waals surface area contributed by atoms with E-state index in [1.807, 2.05) is 29.6 Å². The van der Waals surface area contributed by atoms with Crippen LogP contribution >= 0.6 is 0 Å². The van der Waals surface area contributed by atoms with Crippen molar-refractivity contribution in [1.82, 2.24) is 20.1 Å². The second-order valence-electron chi connectivity index (χ2n) is 7.71. The minimum atomic E-state index is -1.55. The Kier molecular flexibility index (Phi) is 6.07. The Morgan fingerprint density at radius 2 is 1.74 bits per heavy atom. The van der Waals surface area contributed by atoms with E-state index in [-0.39, 0.29) is 11.4 Å². The molecule has 0 saturated carbocycles. The van der Waals surface area contributed by atoms with Gasteiger partial charge in [0, 0.05) is 20.4 Å². The first-order valence-corrected chi connectivity index (χ1v) is 9.57. The lowest BCUT2D eigenvalue weighted by Crippen LogP contribution is -2.58. The SMILES string of the molecule is Cc1c(C)[n+]([O-])c([C@H](c2ccc(F)c(F)c2)C2C(=O)NC(=O)NC2=O)n1CCN(C)C. The van der Waals surface area contributed by atoms with Crippen molar-refractivity contribution in [2.24, 2.45) is 5.92 Å². The smallest absolute Gasteiger partial charge is 0.328 e. The predicted molar refractivity (Wildman–Crippen MR) is 105 cm³/mol. The van der Waals surface area contributed by atoms with Gasteiger partial charge in [0.2, 0.25) is 11.8 Å². The maximum absolute atomic E-state index is 14.1. The van der Waals surface area contributed by atoms with E-state index in [4.69, 9.17) is 0 Å². The molecule has 3 rings (SSSR count). The summed E-state index contributed by atoms with van der Waals surface area (Å²) < 4.78 is 29.9. The molecular formula is C20H23F2N5O4. The molecule has 0 unspecified atom stereocenters. The number of barbiturate groups is 1. The molecule has 1 aliphatic rings. The Morgan fingerprint density at radius 3 is 2.29 bits per heavy atom. The second-order valence-corrected chi connectivity index (χ2v) is 7.71. The zero-order chi connectivity index (χ0) is 23.0. The summed E-state index contributed by atoms with van der Waals surface area (Å²) in [4.78, 5) is 38.7. The molecule has 0 spiro atoms. The molecule has 1 aliphatic heterocycles. The Hall–Kier alpha value is -3.34. The lowest BCUT2D eigenvalue weighted by atomic mass is 9.83. The molecule has 2 heterocycles. The van der Waals surface area contributed by atoms with Gasteiger partial charge in [-0.1, -0.05) is 6.07 Å². The van der Waals surface area contributed by atoms with E-state index in [0.29, 0.717) is 29.2 Å². The number of benzene rings is 1. The van der Waals surface area contributed by atoms with Crippen molar-refractivity contribution in [3.8, 4) is 0 Å². The van der Waals surface area contributed by atoms with Crippen molar-refractivity contribution in [3.05, 3.63) is 57.8 Å². The largest absolute Gasteiger partial charge is 0.711 e. The number of carbonyl (C=O) groups is 3. The molecule has 9 nitrogen and oxygen atoms in total. The highest BCUT2D eigenvalue weighted by Crippen LogP contribution is 2.34. The second kappa shape index (κ2) is 8.42.